The van der Waals surface area contributed by atoms with Gasteiger partial charge in [-0.15, -0.1) is 22.7 Å². The summed E-state index contributed by atoms with van der Waals surface area (Å²) in [5.74, 6) is -6.13. The molecule has 0 fully saturated rings. The van der Waals surface area contributed by atoms with Crippen molar-refractivity contribution < 1.29 is 45.8 Å². The van der Waals surface area contributed by atoms with E-state index in [0.29, 0.717) is 28.7 Å². The third kappa shape index (κ3) is 8.46. The minimum atomic E-state index is -5.40. The lowest BCUT2D eigenvalue weighted by molar-refractivity contribution is -0.151. The SMILES string of the molecule is CC[C@H](C)[C@H](NC(=O)OC(C)(C)C)C(=O)OCn1c(-c2ccc(F)c(C(F)(F)F)c2F)csc1=NC(=O)Cc1csc2c1c(=O)n(C)c(=O)n2C. The van der Waals surface area contributed by atoms with Crippen molar-refractivity contribution >= 4 is 50.9 Å². The molecule has 19 heteroatoms. The standard InChI is InChI=1S/C32H34F5N5O7S2/c1-8-15(2)24(39-29(46)49-31(3,4)5)27(45)48-14-42-19(17-9-10-18(33)22(23(17)34)32(35,36)37)13-51-28(42)38-20(43)11-16-12-50-26-21(16)25(44)40(6)30(47)41(26)7/h9-10,12-13,15,24H,8,11,14H2,1-7H3,(H,39,46)/t15-,24-/m0/s1. The van der Waals surface area contributed by atoms with Crippen molar-refractivity contribution in [3.05, 3.63) is 71.3 Å². The predicted octanol–water partition coefficient (Wildman–Crippen LogP) is 5.24. The number of thiophene rings is 1. The molecule has 4 rings (SSSR count). The molecule has 0 saturated carbocycles. The van der Waals surface area contributed by atoms with Gasteiger partial charge in [0.2, 0.25) is 0 Å². The number of esters is 1. The molecule has 0 saturated heterocycles. The average molecular weight is 760 g/mol. The first-order valence-electron chi connectivity index (χ1n) is 15.3. The van der Waals surface area contributed by atoms with Crippen LogP contribution < -0.4 is 21.4 Å². The van der Waals surface area contributed by atoms with E-state index in [1.807, 2.05) is 0 Å². The van der Waals surface area contributed by atoms with Gasteiger partial charge in [0.05, 0.1) is 17.5 Å². The van der Waals surface area contributed by atoms with Gasteiger partial charge in [0.25, 0.3) is 11.5 Å². The van der Waals surface area contributed by atoms with E-state index in [9.17, 15) is 41.5 Å². The molecule has 1 aromatic carbocycles. The molecule has 0 radical (unpaired) electrons. The molecule has 51 heavy (non-hydrogen) atoms. The normalized spacial score (nSPS) is 13.7. The van der Waals surface area contributed by atoms with Crippen molar-refractivity contribution in [3.8, 4) is 11.3 Å². The van der Waals surface area contributed by atoms with Gasteiger partial charge in [-0.1, -0.05) is 20.3 Å². The van der Waals surface area contributed by atoms with Crippen LogP contribution in [0.3, 0.4) is 0 Å². The van der Waals surface area contributed by atoms with E-state index < -0.39 is 88.9 Å². The Morgan fingerprint density at radius 3 is 2.29 bits per heavy atom. The second-order valence-corrected chi connectivity index (χ2v) is 14.2. The molecule has 0 aliphatic rings. The van der Waals surface area contributed by atoms with Crippen LogP contribution in [0.2, 0.25) is 0 Å². The van der Waals surface area contributed by atoms with E-state index in [-0.39, 0.29) is 21.4 Å². The number of fused-ring (bicyclic) bond motifs is 1. The molecule has 0 bridgehead atoms. The number of halogens is 5. The van der Waals surface area contributed by atoms with Gasteiger partial charge in [0.15, 0.2) is 11.5 Å². The number of nitrogens with zero attached hydrogens (tertiary/aromatic N) is 4. The molecule has 12 nitrogen and oxygen atoms in total. The maximum Gasteiger partial charge on any atom is 0.422 e. The van der Waals surface area contributed by atoms with Crippen LogP contribution in [0.1, 0.15) is 52.2 Å². The van der Waals surface area contributed by atoms with E-state index in [4.69, 9.17) is 9.47 Å². The predicted molar refractivity (Wildman–Crippen MR) is 178 cm³/mol. The summed E-state index contributed by atoms with van der Waals surface area (Å²) in [4.78, 5) is 68.5. The summed E-state index contributed by atoms with van der Waals surface area (Å²) in [6, 6.07) is -0.0642. The van der Waals surface area contributed by atoms with Crippen LogP contribution >= 0.6 is 22.7 Å². The number of alkyl halides is 3. The van der Waals surface area contributed by atoms with Gasteiger partial charge in [-0.25, -0.2) is 23.2 Å². The van der Waals surface area contributed by atoms with Crippen LogP contribution in [0, 0.1) is 17.6 Å². The molecule has 1 N–H and O–H groups in total. The van der Waals surface area contributed by atoms with Crippen molar-refractivity contribution in [1.82, 2.24) is 19.0 Å². The molecule has 0 spiro atoms. The van der Waals surface area contributed by atoms with Gasteiger partial charge in [0, 0.05) is 25.0 Å². The summed E-state index contributed by atoms with van der Waals surface area (Å²) in [5.41, 5.74) is -5.08. The van der Waals surface area contributed by atoms with Crippen molar-refractivity contribution in [2.45, 2.75) is 72.0 Å². The highest BCUT2D eigenvalue weighted by Gasteiger charge is 2.39. The summed E-state index contributed by atoms with van der Waals surface area (Å²) in [6.07, 6.45) is -6.36. The van der Waals surface area contributed by atoms with Crippen LogP contribution in [0.25, 0.3) is 21.5 Å². The first-order chi connectivity index (χ1) is 23.7. The maximum atomic E-state index is 15.4. The summed E-state index contributed by atoms with van der Waals surface area (Å²) in [5, 5.41) is 5.22. The highest BCUT2D eigenvalue weighted by atomic mass is 32.1. The first kappa shape index (κ1) is 39.1. The largest absolute Gasteiger partial charge is 0.444 e. The summed E-state index contributed by atoms with van der Waals surface area (Å²) in [6.45, 7) is 7.42. The summed E-state index contributed by atoms with van der Waals surface area (Å²) >= 11 is 1.74. The number of hydrogen-bond acceptors (Lipinski definition) is 9. The number of carbonyl (C=O) groups excluding carboxylic acids is 3. The van der Waals surface area contributed by atoms with Gasteiger partial charge >= 0.3 is 23.9 Å². The highest BCUT2D eigenvalue weighted by molar-refractivity contribution is 7.17. The van der Waals surface area contributed by atoms with Gasteiger partial charge in [-0.05, 0) is 49.8 Å². The molecule has 2 amide bonds. The third-order valence-corrected chi connectivity index (χ3v) is 9.70. The highest BCUT2D eigenvalue weighted by Crippen LogP contribution is 2.37. The van der Waals surface area contributed by atoms with E-state index in [1.54, 1.807) is 34.6 Å². The minimum Gasteiger partial charge on any atom is -0.444 e. The zero-order valence-electron chi connectivity index (χ0n) is 28.4. The number of benzene rings is 1. The average Bonchev–Trinajstić information content (AvgIpc) is 3.62. The Bertz CT molecular complexity index is 2190. The van der Waals surface area contributed by atoms with E-state index in [1.165, 1.54) is 24.0 Å². The number of alkyl carbamates (subject to hydrolysis) is 1. The van der Waals surface area contributed by atoms with Crippen molar-refractivity contribution in [2.24, 2.45) is 25.0 Å². The van der Waals surface area contributed by atoms with Crippen LogP contribution in [0.15, 0.2) is 37.5 Å². The van der Waals surface area contributed by atoms with Crippen LogP contribution in [-0.2, 0) is 52.5 Å². The minimum absolute atomic E-state index is 0.114. The monoisotopic (exact) mass is 759 g/mol. The molecule has 0 unspecified atom stereocenters. The Morgan fingerprint density at radius 1 is 1.02 bits per heavy atom. The molecule has 276 valence electrons. The fourth-order valence-electron chi connectivity index (χ4n) is 4.95. The molecule has 4 aromatic rings. The fraction of sp³-hybridized carbons (Fsp3) is 0.438. The molecule has 0 aliphatic carbocycles. The van der Waals surface area contributed by atoms with Crippen molar-refractivity contribution in [1.29, 1.82) is 0 Å². The number of rotatable bonds is 9. The number of nitrogens with one attached hydrogen (secondary N) is 1. The molecule has 3 aromatic heterocycles. The van der Waals surface area contributed by atoms with Gasteiger partial charge in [0.1, 0.15) is 33.7 Å². The Kier molecular flexibility index (Phi) is 11.4. The number of ether oxygens (including phenoxy) is 2. The van der Waals surface area contributed by atoms with Crippen molar-refractivity contribution in [3.63, 3.8) is 0 Å². The molecule has 2 atom stereocenters. The Labute approximate surface area is 294 Å². The number of hydrogen-bond donors (Lipinski definition) is 1. The number of carbonyl (C=O) groups is 3. The quantitative estimate of drug-likeness (QED) is 0.182. The van der Waals surface area contributed by atoms with E-state index in [0.717, 1.165) is 31.9 Å². The summed E-state index contributed by atoms with van der Waals surface area (Å²) < 4.78 is 84.2. The zero-order chi connectivity index (χ0) is 38.2. The number of aromatic nitrogens is 3. The van der Waals surface area contributed by atoms with Gasteiger partial charge in [-0.3, -0.25) is 23.3 Å². The maximum absolute atomic E-state index is 15.4. The van der Waals surface area contributed by atoms with Crippen LogP contribution in [-0.4, -0.2) is 43.3 Å². The molecule has 0 aliphatic heterocycles. The number of aryl methyl sites for hydroxylation is 1. The first-order valence-corrected chi connectivity index (χ1v) is 17.1. The second-order valence-electron chi connectivity index (χ2n) is 12.5. The number of thiazole rings is 1. The van der Waals surface area contributed by atoms with Crippen LogP contribution in [0.4, 0.5) is 26.7 Å². The lowest BCUT2D eigenvalue weighted by Gasteiger charge is -2.25. The molecular formula is C32H34F5N5O7S2. The van der Waals surface area contributed by atoms with Gasteiger partial charge in [-0.2, -0.15) is 18.2 Å². The summed E-state index contributed by atoms with van der Waals surface area (Å²) in [7, 11) is 2.74. The lowest BCUT2D eigenvalue weighted by Crippen LogP contribution is -2.48. The Hall–Kier alpha value is -4.65. The lowest BCUT2D eigenvalue weighted by atomic mass is 9.99. The van der Waals surface area contributed by atoms with Crippen LogP contribution in [0.5, 0.6) is 0 Å². The third-order valence-electron chi connectivity index (χ3n) is 7.73. The topological polar surface area (TPSA) is 143 Å². The fourth-order valence-corrected chi connectivity index (χ4v) is 6.89. The Morgan fingerprint density at radius 2 is 1.69 bits per heavy atom. The van der Waals surface area contributed by atoms with E-state index in [2.05, 4.69) is 10.3 Å². The smallest absolute Gasteiger partial charge is 0.422 e. The molecular weight excluding hydrogens is 726 g/mol. The molecule has 3 heterocycles. The Balaban J connectivity index is 1.78. The zero-order valence-corrected chi connectivity index (χ0v) is 30.1. The van der Waals surface area contributed by atoms with Crippen molar-refractivity contribution in [2.75, 3.05) is 0 Å². The number of amides is 2. The van der Waals surface area contributed by atoms with E-state index >= 15 is 4.39 Å². The van der Waals surface area contributed by atoms with Gasteiger partial charge < -0.3 is 14.8 Å². The second kappa shape index (κ2) is 14.9.